The zero-order valence-electron chi connectivity index (χ0n) is 8.59. The van der Waals surface area contributed by atoms with Crippen molar-refractivity contribution in [3.05, 3.63) is 51.8 Å². The Morgan fingerprint density at radius 3 is 1.80 bits per heavy atom. The van der Waals surface area contributed by atoms with E-state index in [9.17, 15) is 0 Å². The molecular formula is C12H11Cl2N. The minimum Gasteiger partial charge on any atom is -0.316 e. The molecule has 1 nitrogen and oxygen atoms in total. The number of nitrogens with zero attached hydrogens (tertiary/aromatic N) is 1. The zero-order valence-corrected chi connectivity index (χ0v) is 10.1. The van der Waals surface area contributed by atoms with Crippen molar-refractivity contribution in [2.24, 2.45) is 0 Å². The predicted octanol–water partition coefficient (Wildman–Crippen LogP) is 4.40. The van der Waals surface area contributed by atoms with Gasteiger partial charge in [-0.3, -0.25) is 0 Å². The standard InChI is InChI=1S/C12H11Cl2N/c1-8-6-7-9(2)15(8)12-10(13)4-3-5-11(12)14/h3-7H,1-2H3. The highest BCUT2D eigenvalue weighted by atomic mass is 35.5. The van der Waals surface area contributed by atoms with Crippen molar-refractivity contribution < 1.29 is 0 Å². The molecule has 0 atom stereocenters. The van der Waals surface area contributed by atoms with Crippen molar-refractivity contribution in [1.29, 1.82) is 0 Å². The summed E-state index contributed by atoms with van der Waals surface area (Å²) < 4.78 is 2.06. The molecule has 0 unspecified atom stereocenters. The summed E-state index contributed by atoms with van der Waals surface area (Å²) in [5, 5.41) is 1.34. The second-order valence-corrected chi connectivity index (χ2v) is 4.34. The van der Waals surface area contributed by atoms with Gasteiger partial charge in [-0.1, -0.05) is 29.3 Å². The van der Waals surface area contributed by atoms with Crippen LogP contribution in [0.25, 0.3) is 5.69 Å². The van der Waals surface area contributed by atoms with Crippen LogP contribution in [0, 0.1) is 13.8 Å². The van der Waals surface area contributed by atoms with Gasteiger partial charge in [-0.05, 0) is 38.1 Å². The van der Waals surface area contributed by atoms with Gasteiger partial charge in [0.15, 0.2) is 0 Å². The molecule has 1 aromatic heterocycles. The SMILES string of the molecule is Cc1ccc(C)n1-c1c(Cl)cccc1Cl. The Balaban J connectivity index is 2.74. The van der Waals surface area contributed by atoms with E-state index in [0.29, 0.717) is 10.0 Å². The van der Waals surface area contributed by atoms with Crippen molar-refractivity contribution in [1.82, 2.24) is 4.57 Å². The molecule has 1 heterocycles. The van der Waals surface area contributed by atoms with Crippen LogP contribution in [0.2, 0.25) is 10.0 Å². The van der Waals surface area contributed by atoms with Crippen molar-refractivity contribution in [2.75, 3.05) is 0 Å². The van der Waals surface area contributed by atoms with Crippen LogP contribution in [-0.4, -0.2) is 4.57 Å². The van der Waals surface area contributed by atoms with E-state index in [0.717, 1.165) is 17.1 Å². The van der Waals surface area contributed by atoms with Crippen LogP contribution in [-0.2, 0) is 0 Å². The average Bonchev–Trinajstić information content (AvgIpc) is 2.49. The lowest BCUT2D eigenvalue weighted by atomic mass is 10.3. The Morgan fingerprint density at radius 2 is 1.33 bits per heavy atom. The molecule has 2 aromatic rings. The molecule has 0 aliphatic heterocycles. The Kier molecular flexibility index (Phi) is 2.76. The van der Waals surface area contributed by atoms with Crippen molar-refractivity contribution in [3.63, 3.8) is 0 Å². The summed E-state index contributed by atoms with van der Waals surface area (Å²) in [6, 6.07) is 9.65. The summed E-state index contributed by atoms with van der Waals surface area (Å²) in [4.78, 5) is 0. The molecule has 0 N–H and O–H groups in total. The summed E-state index contributed by atoms with van der Waals surface area (Å²) in [6.45, 7) is 4.07. The molecule has 0 spiro atoms. The molecule has 0 aliphatic carbocycles. The van der Waals surface area contributed by atoms with E-state index < -0.39 is 0 Å². The molecule has 78 valence electrons. The van der Waals surface area contributed by atoms with E-state index in [4.69, 9.17) is 23.2 Å². The summed E-state index contributed by atoms with van der Waals surface area (Å²) in [5.74, 6) is 0. The minimum absolute atomic E-state index is 0.671. The number of hydrogen-bond donors (Lipinski definition) is 0. The minimum atomic E-state index is 0.671. The lowest BCUT2D eigenvalue weighted by Gasteiger charge is -2.12. The molecule has 0 fully saturated rings. The highest BCUT2D eigenvalue weighted by Gasteiger charge is 2.11. The lowest BCUT2D eigenvalue weighted by Crippen LogP contribution is -2.00. The summed E-state index contributed by atoms with van der Waals surface area (Å²) in [6.07, 6.45) is 0. The molecule has 0 saturated heterocycles. The van der Waals surface area contributed by atoms with Gasteiger partial charge < -0.3 is 4.57 Å². The normalized spacial score (nSPS) is 10.7. The molecule has 3 heteroatoms. The first kappa shape index (κ1) is 10.6. The van der Waals surface area contributed by atoms with Crippen molar-refractivity contribution >= 4 is 23.2 Å². The van der Waals surface area contributed by atoms with Crippen LogP contribution in [0.3, 0.4) is 0 Å². The third-order valence-corrected chi connectivity index (χ3v) is 3.04. The van der Waals surface area contributed by atoms with Gasteiger partial charge in [-0.2, -0.15) is 0 Å². The quantitative estimate of drug-likeness (QED) is 0.696. The molecule has 15 heavy (non-hydrogen) atoms. The van der Waals surface area contributed by atoms with E-state index in [1.165, 1.54) is 0 Å². The Hall–Kier alpha value is -0.920. The third-order valence-electron chi connectivity index (χ3n) is 2.43. The van der Waals surface area contributed by atoms with Crippen molar-refractivity contribution in [2.45, 2.75) is 13.8 Å². The van der Waals surface area contributed by atoms with Gasteiger partial charge >= 0.3 is 0 Å². The van der Waals surface area contributed by atoms with E-state index in [1.54, 1.807) is 0 Å². The topological polar surface area (TPSA) is 4.93 Å². The van der Waals surface area contributed by atoms with Crippen LogP contribution >= 0.6 is 23.2 Å². The molecule has 0 saturated carbocycles. The number of aryl methyl sites for hydroxylation is 2. The predicted molar refractivity (Wildman–Crippen MR) is 65.3 cm³/mol. The maximum absolute atomic E-state index is 6.16. The molecule has 1 aromatic carbocycles. The number of rotatable bonds is 1. The first-order valence-electron chi connectivity index (χ1n) is 4.70. The average molecular weight is 240 g/mol. The second-order valence-electron chi connectivity index (χ2n) is 3.52. The van der Waals surface area contributed by atoms with E-state index in [1.807, 2.05) is 32.0 Å². The highest BCUT2D eigenvalue weighted by molar-refractivity contribution is 6.37. The van der Waals surface area contributed by atoms with Gasteiger partial charge in [0.25, 0.3) is 0 Å². The molecule has 2 rings (SSSR count). The number of hydrogen-bond acceptors (Lipinski definition) is 0. The Labute approximate surface area is 99.2 Å². The van der Waals surface area contributed by atoms with Crippen LogP contribution in [0.1, 0.15) is 11.4 Å². The second kappa shape index (κ2) is 3.92. The van der Waals surface area contributed by atoms with Crippen LogP contribution in [0.5, 0.6) is 0 Å². The lowest BCUT2D eigenvalue weighted by molar-refractivity contribution is 0.966. The van der Waals surface area contributed by atoms with E-state index >= 15 is 0 Å². The van der Waals surface area contributed by atoms with Gasteiger partial charge in [0.1, 0.15) is 0 Å². The number of benzene rings is 1. The van der Waals surface area contributed by atoms with Gasteiger partial charge in [0, 0.05) is 11.4 Å². The van der Waals surface area contributed by atoms with E-state index in [2.05, 4.69) is 16.7 Å². The molecule has 0 radical (unpaired) electrons. The summed E-state index contributed by atoms with van der Waals surface area (Å²) in [7, 11) is 0. The number of para-hydroxylation sites is 1. The van der Waals surface area contributed by atoms with Crippen molar-refractivity contribution in [3.8, 4) is 5.69 Å². The fraction of sp³-hybridized carbons (Fsp3) is 0.167. The summed E-state index contributed by atoms with van der Waals surface area (Å²) >= 11 is 12.3. The number of halogens is 2. The fourth-order valence-electron chi connectivity index (χ4n) is 1.72. The summed E-state index contributed by atoms with van der Waals surface area (Å²) in [5.41, 5.74) is 3.12. The van der Waals surface area contributed by atoms with E-state index in [-0.39, 0.29) is 0 Å². The highest BCUT2D eigenvalue weighted by Crippen LogP contribution is 2.30. The largest absolute Gasteiger partial charge is 0.316 e. The first-order valence-corrected chi connectivity index (χ1v) is 5.46. The first-order chi connectivity index (χ1) is 7.11. The Bertz CT molecular complexity index is 461. The van der Waals surface area contributed by atoms with Crippen LogP contribution in [0.4, 0.5) is 0 Å². The zero-order chi connectivity index (χ0) is 11.0. The molecular weight excluding hydrogens is 229 g/mol. The van der Waals surface area contributed by atoms with Gasteiger partial charge in [0.05, 0.1) is 15.7 Å². The van der Waals surface area contributed by atoms with Crippen LogP contribution in [0.15, 0.2) is 30.3 Å². The molecule has 0 amide bonds. The van der Waals surface area contributed by atoms with Gasteiger partial charge in [0.2, 0.25) is 0 Å². The Morgan fingerprint density at radius 1 is 0.867 bits per heavy atom. The van der Waals surface area contributed by atoms with Gasteiger partial charge in [-0.25, -0.2) is 0 Å². The number of aromatic nitrogens is 1. The van der Waals surface area contributed by atoms with Crippen LogP contribution < -0.4 is 0 Å². The molecule has 0 aliphatic rings. The molecule has 0 bridgehead atoms. The van der Waals surface area contributed by atoms with Gasteiger partial charge in [-0.15, -0.1) is 0 Å². The maximum Gasteiger partial charge on any atom is 0.0830 e. The smallest absolute Gasteiger partial charge is 0.0830 e. The maximum atomic E-state index is 6.16. The monoisotopic (exact) mass is 239 g/mol. The fourth-order valence-corrected chi connectivity index (χ4v) is 2.29. The third kappa shape index (κ3) is 1.77.